The summed E-state index contributed by atoms with van der Waals surface area (Å²) in [5.74, 6) is -0.772. The van der Waals surface area contributed by atoms with Crippen molar-refractivity contribution in [3.63, 3.8) is 0 Å². The van der Waals surface area contributed by atoms with E-state index in [1.165, 1.54) is 0 Å². The Morgan fingerprint density at radius 1 is 1.06 bits per heavy atom. The van der Waals surface area contributed by atoms with Crippen molar-refractivity contribution in [3.8, 4) is 0 Å². The highest BCUT2D eigenvalue weighted by molar-refractivity contribution is 6.06. The molecule has 1 aliphatic carbocycles. The molecule has 1 unspecified atom stereocenters. The average molecular weight is 428 g/mol. The molecule has 3 aliphatic rings. The minimum atomic E-state index is -0.594. The van der Waals surface area contributed by atoms with E-state index in [-0.39, 0.29) is 30.2 Å². The summed E-state index contributed by atoms with van der Waals surface area (Å²) < 4.78 is 0. The number of unbranched alkanes of at least 4 members (excludes halogenated alkanes) is 1. The number of hydrogen-bond acceptors (Lipinski definition) is 6. The van der Waals surface area contributed by atoms with Crippen LogP contribution in [0.25, 0.3) is 0 Å². The van der Waals surface area contributed by atoms with Gasteiger partial charge >= 0.3 is 0 Å². The zero-order chi connectivity index (χ0) is 22.0. The minimum Gasteiger partial charge on any atom is -0.368 e. The lowest BCUT2D eigenvalue weighted by atomic mass is 9.89. The molecule has 1 aromatic carbocycles. The van der Waals surface area contributed by atoms with Crippen LogP contribution in [0.15, 0.2) is 18.2 Å². The number of carbonyl (C=O) groups is 3. The highest BCUT2D eigenvalue weighted by Crippen LogP contribution is 2.37. The zero-order valence-corrected chi connectivity index (χ0v) is 18.0. The van der Waals surface area contributed by atoms with Crippen LogP contribution in [0.4, 0.5) is 5.69 Å². The van der Waals surface area contributed by atoms with Crippen LogP contribution >= 0.6 is 0 Å². The van der Waals surface area contributed by atoms with Gasteiger partial charge in [0, 0.05) is 48.4 Å². The van der Waals surface area contributed by atoms with Crippen LogP contribution in [-0.2, 0) is 16.1 Å². The van der Waals surface area contributed by atoms with Crippen LogP contribution in [0.1, 0.15) is 67.3 Å². The van der Waals surface area contributed by atoms with Crippen molar-refractivity contribution < 1.29 is 14.4 Å². The molecule has 2 aliphatic heterocycles. The van der Waals surface area contributed by atoms with Gasteiger partial charge < -0.3 is 21.3 Å². The molecule has 0 aromatic heterocycles. The van der Waals surface area contributed by atoms with Crippen LogP contribution in [0.2, 0.25) is 0 Å². The molecule has 4 rings (SSSR count). The summed E-state index contributed by atoms with van der Waals surface area (Å²) in [7, 11) is 0. The number of anilines is 1. The summed E-state index contributed by atoms with van der Waals surface area (Å²) >= 11 is 0. The van der Waals surface area contributed by atoms with Crippen molar-refractivity contribution >= 4 is 23.4 Å². The minimum absolute atomic E-state index is 0.126. The topological polar surface area (TPSA) is 122 Å². The monoisotopic (exact) mass is 427 g/mol. The molecule has 2 fully saturated rings. The lowest BCUT2D eigenvalue weighted by Gasteiger charge is -2.39. The van der Waals surface area contributed by atoms with Crippen LogP contribution in [0, 0.1) is 0 Å². The third-order valence-corrected chi connectivity index (χ3v) is 6.90. The van der Waals surface area contributed by atoms with Gasteiger partial charge in [0.25, 0.3) is 5.91 Å². The molecule has 168 valence electrons. The molecule has 5 N–H and O–H groups in total. The molecule has 1 saturated carbocycles. The smallest absolute Gasteiger partial charge is 0.255 e. The first-order chi connectivity index (χ1) is 15.0. The second-order valence-electron chi connectivity index (χ2n) is 8.96. The molecule has 1 saturated heterocycles. The molecule has 0 radical (unpaired) electrons. The fourth-order valence-electron chi connectivity index (χ4n) is 5.18. The number of amides is 3. The first kappa shape index (κ1) is 21.8. The maximum absolute atomic E-state index is 13.2. The van der Waals surface area contributed by atoms with E-state index in [2.05, 4.69) is 16.3 Å². The van der Waals surface area contributed by atoms with E-state index in [9.17, 15) is 14.4 Å². The highest BCUT2D eigenvalue weighted by Gasteiger charge is 2.40. The van der Waals surface area contributed by atoms with Gasteiger partial charge in [0.05, 0.1) is 0 Å². The number of rotatable bonds is 7. The molecular weight excluding hydrogens is 394 g/mol. The Labute approximate surface area is 183 Å². The fourth-order valence-corrected chi connectivity index (χ4v) is 5.18. The average Bonchev–Trinajstić information content (AvgIpc) is 3.09. The molecule has 0 spiro atoms. The lowest BCUT2D eigenvalue weighted by Crippen LogP contribution is -2.52. The summed E-state index contributed by atoms with van der Waals surface area (Å²) in [5.41, 5.74) is 14.6. The number of imide groups is 1. The Hall–Kier alpha value is -2.45. The number of nitrogens with two attached hydrogens (primary N) is 2. The van der Waals surface area contributed by atoms with Crippen LogP contribution < -0.4 is 21.7 Å². The van der Waals surface area contributed by atoms with E-state index < -0.39 is 6.04 Å². The van der Waals surface area contributed by atoms with E-state index in [4.69, 9.17) is 11.5 Å². The first-order valence-electron chi connectivity index (χ1n) is 11.5. The number of nitrogens with one attached hydrogen (secondary N) is 1. The SMILES string of the molecule is NCCCCN(c1cccc2c1CN(C1CCC(=O)NC1=O)C2=O)C1CCC(N)CC1. The first-order valence-corrected chi connectivity index (χ1v) is 11.5. The van der Waals surface area contributed by atoms with Gasteiger partial charge in [-0.25, -0.2) is 0 Å². The predicted octanol–water partition coefficient (Wildman–Crippen LogP) is 1.26. The number of fused-ring (bicyclic) bond motifs is 1. The normalized spacial score (nSPS) is 26.1. The molecule has 1 atom stereocenters. The van der Waals surface area contributed by atoms with Crippen molar-refractivity contribution in [3.05, 3.63) is 29.3 Å². The Morgan fingerprint density at radius 3 is 2.55 bits per heavy atom. The standard InChI is InChI=1S/C23H33N5O3/c24-12-1-2-13-27(16-8-6-15(25)7-9-16)19-5-3-4-17-18(19)14-28(23(17)31)20-10-11-21(29)26-22(20)30/h3-5,15-16,20H,1-2,6-14,24-25H2,(H,26,29,30). The van der Waals surface area contributed by atoms with E-state index in [1.807, 2.05) is 12.1 Å². The Balaban J connectivity index is 1.60. The van der Waals surface area contributed by atoms with Gasteiger partial charge in [-0.1, -0.05) is 6.07 Å². The number of carbonyl (C=O) groups excluding carboxylic acids is 3. The number of piperidine rings is 1. The van der Waals surface area contributed by atoms with Gasteiger partial charge in [-0.3, -0.25) is 19.7 Å². The van der Waals surface area contributed by atoms with Crippen molar-refractivity contribution in [1.29, 1.82) is 0 Å². The second-order valence-corrected chi connectivity index (χ2v) is 8.96. The van der Waals surface area contributed by atoms with E-state index in [0.717, 1.165) is 56.3 Å². The lowest BCUT2D eigenvalue weighted by molar-refractivity contribution is -0.136. The maximum Gasteiger partial charge on any atom is 0.255 e. The van der Waals surface area contributed by atoms with Gasteiger partial charge in [0.1, 0.15) is 6.04 Å². The van der Waals surface area contributed by atoms with Crippen molar-refractivity contribution in [2.75, 3.05) is 18.0 Å². The molecule has 8 heteroatoms. The second kappa shape index (κ2) is 9.36. The van der Waals surface area contributed by atoms with Gasteiger partial charge in [0.15, 0.2) is 0 Å². The van der Waals surface area contributed by atoms with E-state index in [0.29, 0.717) is 31.1 Å². The maximum atomic E-state index is 13.2. The number of nitrogens with zero attached hydrogens (tertiary/aromatic N) is 2. The van der Waals surface area contributed by atoms with Crippen LogP contribution in [0.3, 0.4) is 0 Å². The molecule has 8 nitrogen and oxygen atoms in total. The Bertz CT molecular complexity index is 850. The largest absolute Gasteiger partial charge is 0.368 e. The third-order valence-electron chi connectivity index (χ3n) is 6.90. The molecular formula is C23H33N5O3. The zero-order valence-electron chi connectivity index (χ0n) is 18.0. The Morgan fingerprint density at radius 2 is 1.84 bits per heavy atom. The third kappa shape index (κ3) is 4.45. The molecule has 0 bridgehead atoms. The number of hydrogen-bond donors (Lipinski definition) is 3. The summed E-state index contributed by atoms with van der Waals surface area (Å²) in [5, 5.41) is 2.38. The van der Waals surface area contributed by atoms with Crippen LogP contribution in [0.5, 0.6) is 0 Å². The van der Waals surface area contributed by atoms with Crippen LogP contribution in [-0.4, -0.2) is 53.8 Å². The molecule has 3 amide bonds. The molecule has 2 heterocycles. The summed E-state index contributed by atoms with van der Waals surface area (Å²) in [6, 6.07) is 5.95. The Kier molecular flexibility index (Phi) is 6.57. The molecule has 1 aromatic rings. The van der Waals surface area contributed by atoms with Gasteiger partial charge in [-0.15, -0.1) is 0 Å². The highest BCUT2D eigenvalue weighted by atomic mass is 16.2. The van der Waals surface area contributed by atoms with E-state index in [1.54, 1.807) is 4.90 Å². The molecule has 31 heavy (non-hydrogen) atoms. The van der Waals surface area contributed by atoms with Gasteiger partial charge in [0.2, 0.25) is 11.8 Å². The predicted molar refractivity (Wildman–Crippen MR) is 118 cm³/mol. The fraction of sp³-hybridized carbons (Fsp3) is 0.609. The van der Waals surface area contributed by atoms with Crippen molar-refractivity contribution in [2.45, 2.75) is 76.0 Å². The van der Waals surface area contributed by atoms with Gasteiger partial charge in [-0.05, 0) is 63.6 Å². The van der Waals surface area contributed by atoms with Crippen molar-refractivity contribution in [1.82, 2.24) is 10.2 Å². The van der Waals surface area contributed by atoms with Crippen molar-refractivity contribution in [2.24, 2.45) is 11.5 Å². The number of benzene rings is 1. The summed E-state index contributed by atoms with van der Waals surface area (Å²) in [6.45, 7) is 1.95. The quantitative estimate of drug-likeness (QED) is 0.445. The van der Waals surface area contributed by atoms with Gasteiger partial charge in [-0.2, -0.15) is 0 Å². The van der Waals surface area contributed by atoms with E-state index >= 15 is 0 Å². The summed E-state index contributed by atoms with van der Waals surface area (Å²) in [4.78, 5) is 41.2. The summed E-state index contributed by atoms with van der Waals surface area (Å²) in [6.07, 6.45) is 6.68.